The quantitative estimate of drug-likeness (QED) is 0.843. The van der Waals surface area contributed by atoms with E-state index in [0.717, 1.165) is 42.3 Å². The number of carbonyl (C=O) groups is 2. The topological polar surface area (TPSA) is 75.4 Å². The van der Waals surface area contributed by atoms with Crippen LogP contribution in [0.4, 0.5) is 0 Å². The molecule has 2 aromatic rings. The van der Waals surface area contributed by atoms with Crippen molar-refractivity contribution in [3.8, 4) is 0 Å². The number of rotatable bonds is 4. The van der Waals surface area contributed by atoms with E-state index in [1.807, 2.05) is 47.4 Å². The van der Waals surface area contributed by atoms with Gasteiger partial charge in [-0.3, -0.25) is 9.59 Å². The number of hydrogen-bond donors (Lipinski definition) is 2. The smallest absolute Gasteiger partial charge is 0.241 e. The van der Waals surface area contributed by atoms with Gasteiger partial charge in [-0.1, -0.05) is 42.5 Å². The summed E-state index contributed by atoms with van der Waals surface area (Å²) >= 11 is 0. The average Bonchev–Trinajstić information content (AvgIpc) is 3.22. The van der Waals surface area contributed by atoms with Crippen molar-refractivity contribution in [1.82, 2.24) is 10.2 Å². The van der Waals surface area contributed by atoms with Crippen LogP contribution in [0.5, 0.6) is 0 Å². The molecule has 0 aromatic heterocycles. The molecular weight excluding hydrogens is 362 g/mol. The monoisotopic (exact) mass is 387 g/mol. The highest BCUT2D eigenvalue weighted by Gasteiger charge is 2.42. The number of amides is 2. The fraction of sp³-hybridized carbons (Fsp3) is 0.429. The minimum Gasteiger partial charge on any atom is -0.347 e. The van der Waals surface area contributed by atoms with E-state index in [-0.39, 0.29) is 43.2 Å². The summed E-state index contributed by atoms with van der Waals surface area (Å²) in [5.74, 6) is 0.856. The molecular formula is C21H26ClN3O2. The van der Waals surface area contributed by atoms with Crippen LogP contribution in [0.25, 0.3) is 10.8 Å². The van der Waals surface area contributed by atoms with Crippen molar-refractivity contribution in [3.63, 3.8) is 0 Å². The molecule has 6 heteroatoms. The first-order valence-corrected chi connectivity index (χ1v) is 9.38. The second-order valence-corrected chi connectivity index (χ2v) is 7.56. The van der Waals surface area contributed by atoms with Gasteiger partial charge in [-0.15, -0.1) is 12.4 Å². The first-order chi connectivity index (χ1) is 12.6. The molecule has 1 aliphatic heterocycles. The van der Waals surface area contributed by atoms with E-state index in [4.69, 9.17) is 5.73 Å². The van der Waals surface area contributed by atoms with Crippen molar-refractivity contribution in [2.75, 3.05) is 19.6 Å². The molecule has 3 unspecified atom stereocenters. The Kier molecular flexibility index (Phi) is 6.02. The molecule has 1 saturated carbocycles. The summed E-state index contributed by atoms with van der Waals surface area (Å²) in [6, 6.07) is 14.2. The summed E-state index contributed by atoms with van der Waals surface area (Å²) in [5, 5.41) is 4.99. The number of nitrogens with two attached hydrogens (primary N) is 1. The van der Waals surface area contributed by atoms with E-state index in [1.54, 1.807) is 0 Å². The molecule has 2 aromatic carbocycles. The van der Waals surface area contributed by atoms with Gasteiger partial charge in [0.1, 0.15) is 0 Å². The van der Waals surface area contributed by atoms with Crippen molar-refractivity contribution >= 4 is 35.0 Å². The van der Waals surface area contributed by atoms with Gasteiger partial charge < -0.3 is 16.0 Å². The zero-order chi connectivity index (χ0) is 18.1. The van der Waals surface area contributed by atoms with Gasteiger partial charge in [-0.05, 0) is 41.0 Å². The summed E-state index contributed by atoms with van der Waals surface area (Å²) in [6.45, 7) is 1.60. The number of hydrogen-bond acceptors (Lipinski definition) is 3. The van der Waals surface area contributed by atoms with Crippen LogP contribution in [0.3, 0.4) is 0 Å². The van der Waals surface area contributed by atoms with E-state index >= 15 is 0 Å². The Hall–Kier alpha value is -2.11. The third kappa shape index (κ3) is 4.09. The fourth-order valence-electron chi connectivity index (χ4n) is 4.48. The Morgan fingerprint density at radius 3 is 2.67 bits per heavy atom. The standard InChI is InChI=1S/C21H25N3O2.ClH/c22-19-9-8-16-12-24(13-18(16)19)21(26)11-23-20(25)10-15-6-3-5-14-4-1-2-7-17(14)15;/h1-7,16,18-19H,8-13,22H2,(H,23,25);1H. The molecule has 2 aliphatic rings. The Bertz CT molecular complexity index is 836. The molecule has 5 nitrogen and oxygen atoms in total. The normalized spacial score (nSPS) is 23.7. The second kappa shape index (κ2) is 8.28. The van der Waals surface area contributed by atoms with Crippen LogP contribution in [0.1, 0.15) is 18.4 Å². The van der Waals surface area contributed by atoms with Crippen LogP contribution < -0.4 is 11.1 Å². The third-order valence-corrected chi connectivity index (χ3v) is 5.93. The molecule has 144 valence electrons. The Labute approximate surface area is 165 Å². The Balaban J connectivity index is 0.00000210. The van der Waals surface area contributed by atoms with Gasteiger partial charge in [-0.25, -0.2) is 0 Å². The molecule has 0 bridgehead atoms. The predicted octanol–water partition coefficient (Wildman–Crippen LogP) is 2.12. The Morgan fingerprint density at radius 2 is 1.85 bits per heavy atom. The number of nitrogens with one attached hydrogen (secondary N) is 1. The van der Waals surface area contributed by atoms with E-state index < -0.39 is 0 Å². The van der Waals surface area contributed by atoms with Gasteiger partial charge in [0.15, 0.2) is 0 Å². The third-order valence-electron chi connectivity index (χ3n) is 5.93. The van der Waals surface area contributed by atoms with Crippen molar-refractivity contribution in [1.29, 1.82) is 0 Å². The maximum atomic E-state index is 12.4. The lowest BCUT2D eigenvalue weighted by molar-refractivity contribution is -0.132. The zero-order valence-corrected chi connectivity index (χ0v) is 16.1. The summed E-state index contributed by atoms with van der Waals surface area (Å²) < 4.78 is 0. The molecule has 2 fully saturated rings. The van der Waals surface area contributed by atoms with Gasteiger partial charge in [0, 0.05) is 19.1 Å². The van der Waals surface area contributed by atoms with Crippen LogP contribution in [-0.4, -0.2) is 42.4 Å². The Morgan fingerprint density at radius 1 is 1.07 bits per heavy atom. The average molecular weight is 388 g/mol. The summed E-state index contributed by atoms with van der Waals surface area (Å²) in [7, 11) is 0. The summed E-state index contributed by atoms with van der Waals surface area (Å²) in [5.41, 5.74) is 7.11. The van der Waals surface area contributed by atoms with Gasteiger partial charge in [0.05, 0.1) is 13.0 Å². The number of benzene rings is 2. The van der Waals surface area contributed by atoms with Gasteiger partial charge in [0.2, 0.25) is 11.8 Å². The van der Waals surface area contributed by atoms with Crippen LogP contribution in [0.15, 0.2) is 42.5 Å². The van der Waals surface area contributed by atoms with Crippen LogP contribution in [0.2, 0.25) is 0 Å². The highest BCUT2D eigenvalue weighted by molar-refractivity contribution is 5.91. The lowest BCUT2D eigenvalue weighted by atomic mass is 9.98. The first-order valence-electron chi connectivity index (χ1n) is 9.38. The minimum atomic E-state index is -0.120. The molecule has 2 amide bonds. The second-order valence-electron chi connectivity index (χ2n) is 7.56. The van der Waals surface area contributed by atoms with Gasteiger partial charge in [0.25, 0.3) is 0 Å². The molecule has 27 heavy (non-hydrogen) atoms. The van der Waals surface area contributed by atoms with Crippen LogP contribution in [0, 0.1) is 11.8 Å². The molecule has 4 rings (SSSR count). The number of carbonyl (C=O) groups excluding carboxylic acids is 2. The number of halogens is 1. The van der Waals surface area contributed by atoms with E-state index in [9.17, 15) is 9.59 Å². The molecule has 3 atom stereocenters. The minimum absolute atomic E-state index is 0. The molecule has 0 radical (unpaired) electrons. The van der Waals surface area contributed by atoms with E-state index in [1.165, 1.54) is 0 Å². The molecule has 1 heterocycles. The predicted molar refractivity (Wildman–Crippen MR) is 109 cm³/mol. The maximum absolute atomic E-state index is 12.4. The van der Waals surface area contributed by atoms with Crippen LogP contribution in [-0.2, 0) is 16.0 Å². The first kappa shape index (κ1) is 19.6. The van der Waals surface area contributed by atoms with Gasteiger partial charge in [-0.2, -0.15) is 0 Å². The molecule has 0 spiro atoms. The lowest BCUT2D eigenvalue weighted by Crippen LogP contribution is -2.40. The largest absolute Gasteiger partial charge is 0.347 e. The van der Waals surface area contributed by atoms with Crippen LogP contribution >= 0.6 is 12.4 Å². The fourth-order valence-corrected chi connectivity index (χ4v) is 4.48. The van der Waals surface area contributed by atoms with Crippen molar-refractivity contribution < 1.29 is 9.59 Å². The summed E-state index contributed by atoms with van der Waals surface area (Å²) in [4.78, 5) is 26.6. The van der Waals surface area contributed by atoms with Gasteiger partial charge >= 0.3 is 0 Å². The van der Waals surface area contributed by atoms with E-state index in [0.29, 0.717) is 11.8 Å². The SMILES string of the molecule is Cl.NC1CCC2CN(C(=O)CNC(=O)Cc3cccc4ccccc34)CC12. The highest BCUT2D eigenvalue weighted by Crippen LogP contribution is 2.36. The highest BCUT2D eigenvalue weighted by atomic mass is 35.5. The van der Waals surface area contributed by atoms with Crippen molar-refractivity contribution in [2.24, 2.45) is 17.6 Å². The molecule has 1 aliphatic carbocycles. The van der Waals surface area contributed by atoms with E-state index in [2.05, 4.69) is 5.32 Å². The zero-order valence-electron chi connectivity index (χ0n) is 15.3. The lowest BCUT2D eigenvalue weighted by Gasteiger charge is -2.19. The van der Waals surface area contributed by atoms with Crippen molar-refractivity contribution in [2.45, 2.75) is 25.3 Å². The summed E-state index contributed by atoms with van der Waals surface area (Å²) in [6.07, 6.45) is 2.47. The number of likely N-dealkylation sites (tertiary alicyclic amines) is 1. The number of nitrogens with zero attached hydrogens (tertiary/aromatic N) is 1. The maximum Gasteiger partial charge on any atom is 0.241 e. The molecule has 1 saturated heterocycles. The molecule has 3 N–H and O–H groups in total. The number of fused-ring (bicyclic) bond motifs is 2. The van der Waals surface area contributed by atoms with Crippen molar-refractivity contribution in [3.05, 3.63) is 48.0 Å².